The van der Waals surface area contributed by atoms with Crippen LogP contribution in [-0.4, -0.2) is 35.5 Å². The Bertz CT molecular complexity index is 611. The van der Waals surface area contributed by atoms with Gasteiger partial charge in [-0.2, -0.15) is 9.36 Å². The van der Waals surface area contributed by atoms with E-state index in [4.69, 9.17) is 26.9 Å². The zero-order chi connectivity index (χ0) is 17.1. The molecule has 2 N–H and O–H groups in total. The number of nitrogens with two attached hydrogens (primary N) is 1. The number of ether oxygens (including phenoxy) is 1. The number of hydrogen-bond donors (Lipinski definition) is 1. The zero-order valence-corrected chi connectivity index (χ0v) is 15.9. The number of carbonyl (C=O) groups excluding carboxylic acids is 2. The largest absolute Gasteiger partial charge is 0.446 e. The average molecular weight is 461 g/mol. The van der Waals surface area contributed by atoms with Gasteiger partial charge in [0.25, 0.3) is 5.24 Å². The molecule has 0 aliphatic rings. The van der Waals surface area contributed by atoms with Crippen LogP contribution in [0, 0.1) is 0 Å². The highest BCUT2D eigenvalue weighted by Gasteiger charge is 2.36. The smallest absolute Gasteiger partial charge is 0.354 e. The molecule has 0 spiro atoms. The van der Waals surface area contributed by atoms with E-state index in [1.807, 2.05) is 22.6 Å². The Labute approximate surface area is 149 Å². The summed E-state index contributed by atoms with van der Waals surface area (Å²) in [6, 6.07) is 0. The summed E-state index contributed by atoms with van der Waals surface area (Å²) in [5.74, 6) is -0.719. The molecule has 0 aliphatic heterocycles. The maximum absolute atomic E-state index is 12.0. The molecule has 0 saturated heterocycles. The number of nitrogen functional groups attached to an aromatic ring is 1. The summed E-state index contributed by atoms with van der Waals surface area (Å²) < 4.78 is 8.29. The van der Waals surface area contributed by atoms with E-state index in [2.05, 4.69) is 14.5 Å². The Balaban J connectivity index is 2.94. The number of esters is 1. The molecule has 11 heteroatoms. The molecule has 0 amide bonds. The Morgan fingerprint density at radius 3 is 2.36 bits per heavy atom. The summed E-state index contributed by atoms with van der Waals surface area (Å²) in [6.45, 7) is 6.31. The SMILES string of the molecule is CC(C)(I)OC(=O)C(C)(C)O/N=C(\C(=O)Cl)c1nsc(N)n1. The summed E-state index contributed by atoms with van der Waals surface area (Å²) in [5, 5.41) is 2.80. The van der Waals surface area contributed by atoms with Gasteiger partial charge in [-0.15, -0.1) is 0 Å². The highest BCUT2D eigenvalue weighted by atomic mass is 127. The minimum atomic E-state index is -1.43. The molecule has 0 radical (unpaired) electrons. The van der Waals surface area contributed by atoms with Crippen LogP contribution in [0.2, 0.25) is 0 Å². The van der Waals surface area contributed by atoms with E-state index in [1.165, 1.54) is 13.8 Å². The number of carbonyl (C=O) groups is 2. The van der Waals surface area contributed by atoms with Crippen molar-refractivity contribution in [1.82, 2.24) is 9.36 Å². The number of halogens is 2. The van der Waals surface area contributed by atoms with Crippen molar-refractivity contribution in [3.8, 4) is 0 Å². The van der Waals surface area contributed by atoms with Crippen molar-refractivity contribution in [2.75, 3.05) is 5.73 Å². The maximum atomic E-state index is 12.0. The van der Waals surface area contributed by atoms with Crippen molar-refractivity contribution in [2.45, 2.75) is 36.9 Å². The quantitative estimate of drug-likeness (QED) is 0.172. The number of aromatic nitrogens is 2. The molecular formula is C11H14ClIN4O4S. The molecule has 8 nitrogen and oxygen atoms in total. The van der Waals surface area contributed by atoms with Crippen LogP contribution in [0.1, 0.15) is 33.5 Å². The number of hydrogen-bond acceptors (Lipinski definition) is 9. The van der Waals surface area contributed by atoms with Crippen LogP contribution < -0.4 is 5.73 Å². The third-order valence-corrected chi connectivity index (χ3v) is 2.97. The summed E-state index contributed by atoms with van der Waals surface area (Å²) in [5.41, 5.74) is 3.66. The van der Waals surface area contributed by atoms with Crippen molar-refractivity contribution >= 4 is 67.8 Å². The van der Waals surface area contributed by atoms with E-state index < -0.39 is 20.4 Å². The van der Waals surface area contributed by atoms with Gasteiger partial charge in [0.15, 0.2) is 8.74 Å². The average Bonchev–Trinajstić information content (AvgIpc) is 2.73. The van der Waals surface area contributed by atoms with Gasteiger partial charge < -0.3 is 15.3 Å². The molecule has 0 unspecified atom stereocenters. The predicted octanol–water partition coefficient (Wildman–Crippen LogP) is 2.10. The Kier molecular flexibility index (Phi) is 6.10. The number of nitrogens with zero attached hydrogens (tertiary/aromatic N) is 3. The summed E-state index contributed by atoms with van der Waals surface area (Å²) in [7, 11) is 0. The van der Waals surface area contributed by atoms with Crippen molar-refractivity contribution < 1.29 is 19.2 Å². The Hall–Kier alpha value is -1.01. The lowest BCUT2D eigenvalue weighted by Gasteiger charge is -2.25. The standard InChI is InChI=1S/C11H14ClIN4O4S/c1-10(2,8(19)20-11(3,4)13)21-16-5(6(12)18)7-15-9(14)22-17-7/h1-4H3,(H2,14,15,17)/b16-5+. The van der Waals surface area contributed by atoms with Gasteiger partial charge in [-0.1, -0.05) is 5.16 Å². The van der Waals surface area contributed by atoms with E-state index in [0.29, 0.717) is 0 Å². The van der Waals surface area contributed by atoms with Crippen LogP contribution >= 0.6 is 45.7 Å². The van der Waals surface area contributed by atoms with Gasteiger partial charge in [-0.05, 0) is 61.9 Å². The minimum absolute atomic E-state index is 0.0686. The van der Waals surface area contributed by atoms with Crippen LogP contribution in [0.5, 0.6) is 0 Å². The molecule has 1 aromatic heterocycles. The van der Waals surface area contributed by atoms with E-state index >= 15 is 0 Å². The normalized spacial score (nSPS) is 12.9. The molecule has 1 heterocycles. The fraction of sp³-hybridized carbons (Fsp3) is 0.545. The molecular weight excluding hydrogens is 447 g/mol. The molecule has 0 aliphatic carbocycles. The lowest BCUT2D eigenvalue weighted by Crippen LogP contribution is -2.39. The van der Waals surface area contributed by atoms with Gasteiger partial charge in [0.2, 0.25) is 17.1 Å². The summed E-state index contributed by atoms with van der Waals surface area (Å²) >= 11 is 8.25. The van der Waals surface area contributed by atoms with Crippen LogP contribution in [0.3, 0.4) is 0 Å². The van der Waals surface area contributed by atoms with Crippen molar-refractivity contribution in [3.63, 3.8) is 0 Å². The van der Waals surface area contributed by atoms with Crippen molar-refractivity contribution in [1.29, 1.82) is 0 Å². The van der Waals surface area contributed by atoms with Gasteiger partial charge in [0.05, 0.1) is 0 Å². The zero-order valence-electron chi connectivity index (χ0n) is 12.2. The molecule has 1 rings (SSSR count). The highest BCUT2D eigenvalue weighted by Crippen LogP contribution is 2.23. The molecule has 22 heavy (non-hydrogen) atoms. The first-order valence-corrected chi connectivity index (χ1v) is 8.13. The maximum Gasteiger partial charge on any atom is 0.354 e. The Morgan fingerprint density at radius 2 is 1.95 bits per heavy atom. The topological polar surface area (TPSA) is 117 Å². The first-order valence-electron chi connectivity index (χ1n) is 5.90. The molecule has 0 saturated carbocycles. The van der Waals surface area contributed by atoms with Gasteiger partial charge in [0, 0.05) is 11.5 Å². The van der Waals surface area contributed by atoms with Gasteiger partial charge in [0.1, 0.15) is 0 Å². The van der Waals surface area contributed by atoms with Gasteiger partial charge >= 0.3 is 5.97 Å². The van der Waals surface area contributed by atoms with Crippen molar-refractivity contribution in [3.05, 3.63) is 5.82 Å². The summed E-state index contributed by atoms with van der Waals surface area (Å²) in [6.07, 6.45) is 0. The molecule has 0 atom stereocenters. The first kappa shape index (κ1) is 19.0. The third kappa shape index (κ3) is 5.65. The monoisotopic (exact) mass is 460 g/mol. The van der Waals surface area contributed by atoms with E-state index in [9.17, 15) is 9.59 Å². The molecule has 0 fully saturated rings. The number of anilines is 1. The summed E-state index contributed by atoms with van der Waals surface area (Å²) in [4.78, 5) is 32.3. The lowest BCUT2D eigenvalue weighted by atomic mass is 10.1. The third-order valence-electron chi connectivity index (χ3n) is 2.03. The van der Waals surface area contributed by atoms with Gasteiger partial charge in [-0.25, -0.2) is 4.79 Å². The number of oxime groups is 1. The van der Waals surface area contributed by atoms with E-state index in [-0.39, 0.29) is 16.7 Å². The van der Waals surface area contributed by atoms with Gasteiger partial charge in [-0.3, -0.25) is 4.79 Å². The van der Waals surface area contributed by atoms with E-state index in [1.54, 1.807) is 13.8 Å². The lowest BCUT2D eigenvalue weighted by molar-refractivity contribution is -0.173. The molecule has 122 valence electrons. The molecule has 0 bridgehead atoms. The fourth-order valence-electron chi connectivity index (χ4n) is 1.04. The highest BCUT2D eigenvalue weighted by molar-refractivity contribution is 14.1. The predicted molar refractivity (Wildman–Crippen MR) is 91.1 cm³/mol. The molecule has 1 aromatic rings. The van der Waals surface area contributed by atoms with Crippen LogP contribution in [0.15, 0.2) is 5.16 Å². The number of alkyl halides is 1. The number of rotatable bonds is 6. The van der Waals surface area contributed by atoms with Crippen LogP contribution in [0.4, 0.5) is 5.13 Å². The molecule has 0 aromatic carbocycles. The fourth-order valence-corrected chi connectivity index (χ4v) is 1.79. The Morgan fingerprint density at radius 1 is 1.36 bits per heavy atom. The second-order valence-corrected chi connectivity index (χ2v) is 8.75. The van der Waals surface area contributed by atoms with Crippen LogP contribution in [0.25, 0.3) is 0 Å². The second-order valence-electron chi connectivity index (χ2n) is 5.02. The first-order chi connectivity index (χ1) is 9.92. The minimum Gasteiger partial charge on any atom is -0.446 e. The van der Waals surface area contributed by atoms with E-state index in [0.717, 1.165) is 11.5 Å². The van der Waals surface area contributed by atoms with Crippen LogP contribution in [-0.2, 0) is 19.2 Å². The second kappa shape index (κ2) is 7.04. The van der Waals surface area contributed by atoms with Crippen molar-refractivity contribution in [2.24, 2.45) is 5.16 Å².